The molecule has 1 aliphatic heterocycles. The van der Waals surface area contributed by atoms with Crippen LogP contribution in [-0.2, 0) is 11.2 Å². The van der Waals surface area contributed by atoms with E-state index in [0.29, 0.717) is 46.1 Å². The highest BCUT2D eigenvalue weighted by atomic mass is 35.5. The summed E-state index contributed by atoms with van der Waals surface area (Å²) >= 11 is 13.0. The lowest BCUT2D eigenvalue weighted by molar-refractivity contribution is -0.124. The van der Waals surface area contributed by atoms with Crippen LogP contribution < -0.4 is 5.32 Å². The third-order valence-corrected chi connectivity index (χ3v) is 7.87. The van der Waals surface area contributed by atoms with E-state index in [1.165, 1.54) is 0 Å². The van der Waals surface area contributed by atoms with Crippen LogP contribution in [0.2, 0.25) is 10.0 Å². The van der Waals surface area contributed by atoms with Gasteiger partial charge in [-0.05, 0) is 54.7 Å². The summed E-state index contributed by atoms with van der Waals surface area (Å²) in [5.41, 5.74) is 3.72. The Kier molecular flexibility index (Phi) is 10.6. The smallest absolute Gasteiger partial charge is 0.255 e. The lowest BCUT2D eigenvalue weighted by Gasteiger charge is -2.45. The summed E-state index contributed by atoms with van der Waals surface area (Å²) in [6.07, 6.45) is 8.51. The van der Waals surface area contributed by atoms with E-state index in [1.807, 2.05) is 67.6 Å². The number of nitrogens with zero attached hydrogens (tertiary/aromatic N) is 1. The molecule has 1 heterocycles. The zero-order chi connectivity index (χ0) is 29.4. The molecule has 0 aliphatic carbocycles. The first-order chi connectivity index (χ1) is 19.8. The molecule has 0 aromatic heterocycles. The van der Waals surface area contributed by atoms with Gasteiger partial charge in [-0.15, -0.1) is 0 Å². The first-order valence-electron chi connectivity index (χ1n) is 13.6. The van der Waals surface area contributed by atoms with Crippen molar-refractivity contribution in [2.75, 3.05) is 13.2 Å². The van der Waals surface area contributed by atoms with Crippen LogP contribution in [0.25, 0.3) is 0 Å². The van der Waals surface area contributed by atoms with Crippen LogP contribution in [0.4, 0.5) is 0 Å². The van der Waals surface area contributed by atoms with Gasteiger partial charge in [0, 0.05) is 22.2 Å². The van der Waals surface area contributed by atoms with E-state index < -0.39 is 18.0 Å². The van der Waals surface area contributed by atoms with E-state index in [-0.39, 0.29) is 18.4 Å². The number of carbonyl (C=O) groups excluding carboxylic acids is 2. The van der Waals surface area contributed by atoms with Gasteiger partial charge in [-0.2, -0.15) is 0 Å². The Morgan fingerprint density at radius 1 is 1.05 bits per heavy atom. The number of carbonyl (C=O) groups is 2. The molecule has 0 bridgehead atoms. The normalized spacial score (nSPS) is 17.8. The van der Waals surface area contributed by atoms with Crippen molar-refractivity contribution in [3.05, 3.63) is 142 Å². The van der Waals surface area contributed by atoms with E-state index in [2.05, 4.69) is 11.9 Å². The second-order valence-corrected chi connectivity index (χ2v) is 10.9. The highest BCUT2D eigenvalue weighted by Crippen LogP contribution is 2.46. The van der Waals surface area contributed by atoms with Crippen LogP contribution >= 0.6 is 23.2 Å². The van der Waals surface area contributed by atoms with Crippen LogP contribution in [-0.4, -0.2) is 41.0 Å². The van der Waals surface area contributed by atoms with Crippen molar-refractivity contribution >= 4 is 35.0 Å². The zero-order valence-electron chi connectivity index (χ0n) is 23.0. The van der Waals surface area contributed by atoms with E-state index in [4.69, 9.17) is 23.2 Å². The molecule has 3 atom stereocenters. The first kappa shape index (κ1) is 30.3. The number of hydrogen-bond donors (Lipinski definition) is 2. The molecule has 5 nitrogen and oxygen atoms in total. The number of nitrogens with one attached hydrogen (secondary N) is 1. The number of amides is 2. The highest BCUT2D eigenvalue weighted by molar-refractivity contribution is 6.35. The van der Waals surface area contributed by atoms with Crippen molar-refractivity contribution in [1.29, 1.82) is 0 Å². The molecule has 0 unspecified atom stereocenters. The van der Waals surface area contributed by atoms with Crippen LogP contribution in [0.5, 0.6) is 0 Å². The predicted octanol–water partition coefficient (Wildman–Crippen LogP) is 7.07. The van der Waals surface area contributed by atoms with E-state index in [0.717, 1.165) is 11.1 Å². The van der Waals surface area contributed by atoms with E-state index in [9.17, 15) is 14.7 Å². The van der Waals surface area contributed by atoms with Crippen molar-refractivity contribution in [1.82, 2.24) is 10.2 Å². The highest BCUT2D eigenvalue weighted by Gasteiger charge is 2.47. The second kappa shape index (κ2) is 14.3. The summed E-state index contributed by atoms with van der Waals surface area (Å²) < 4.78 is 0. The maximum Gasteiger partial charge on any atom is 0.255 e. The molecule has 212 valence electrons. The van der Waals surface area contributed by atoms with Gasteiger partial charge in [0.15, 0.2) is 0 Å². The molecule has 3 aromatic rings. The number of halogens is 2. The van der Waals surface area contributed by atoms with Crippen LogP contribution in [0.15, 0.2) is 109 Å². The summed E-state index contributed by atoms with van der Waals surface area (Å²) in [6.45, 7) is 5.81. The maximum atomic E-state index is 14.2. The van der Waals surface area contributed by atoms with Crippen molar-refractivity contribution in [2.45, 2.75) is 37.8 Å². The topological polar surface area (TPSA) is 69.6 Å². The van der Waals surface area contributed by atoms with Gasteiger partial charge in [-0.25, -0.2) is 0 Å². The zero-order valence-corrected chi connectivity index (χ0v) is 24.5. The fourth-order valence-electron chi connectivity index (χ4n) is 5.32. The molecule has 2 amide bonds. The summed E-state index contributed by atoms with van der Waals surface area (Å²) in [6, 6.07) is 20.6. The molecule has 4 rings (SSSR count). The van der Waals surface area contributed by atoms with Gasteiger partial charge in [0.05, 0.1) is 24.6 Å². The van der Waals surface area contributed by atoms with Gasteiger partial charge < -0.3 is 15.3 Å². The molecule has 0 saturated heterocycles. The van der Waals surface area contributed by atoms with Crippen molar-refractivity contribution in [2.24, 2.45) is 0 Å². The van der Waals surface area contributed by atoms with Crippen molar-refractivity contribution in [3.63, 3.8) is 0 Å². The monoisotopic (exact) mass is 588 g/mol. The van der Waals surface area contributed by atoms with E-state index >= 15 is 0 Å². The fourth-order valence-corrected chi connectivity index (χ4v) is 5.84. The Balaban J connectivity index is 1.78. The lowest BCUT2D eigenvalue weighted by atomic mass is 9.78. The molecule has 0 spiro atoms. The Morgan fingerprint density at radius 3 is 2.49 bits per heavy atom. The maximum absolute atomic E-state index is 14.2. The summed E-state index contributed by atoms with van der Waals surface area (Å²) in [7, 11) is 0. The predicted molar refractivity (Wildman–Crippen MR) is 166 cm³/mol. The molecule has 0 radical (unpaired) electrons. The molecule has 1 aliphatic rings. The first-order valence-corrected chi connectivity index (χ1v) is 14.3. The van der Waals surface area contributed by atoms with Gasteiger partial charge in [0.1, 0.15) is 0 Å². The molecule has 2 N–H and O–H groups in total. The minimum atomic E-state index is -0.768. The number of benzene rings is 3. The number of rotatable bonds is 11. The summed E-state index contributed by atoms with van der Waals surface area (Å²) in [4.78, 5) is 29.9. The molecule has 7 heteroatoms. The minimum Gasteiger partial charge on any atom is -0.394 e. The molecule has 0 fully saturated rings. The van der Waals surface area contributed by atoms with Crippen LogP contribution in [0.1, 0.15) is 52.4 Å². The average Bonchev–Trinajstić information content (AvgIpc) is 2.97. The van der Waals surface area contributed by atoms with Gasteiger partial charge >= 0.3 is 0 Å². The molecule has 3 aromatic carbocycles. The Hall–Kier alpha value is -3.64. The number of hydrogen-bond acceptors (Lipinski definition) is 3. The molecular formula is C34H34Cl2N2O3. The van der Waals surface area contributed by atoms with E-state index in [1.54, 1.807) is 41.3 Å². The standard InChI is InChI=1S/C34H34Cl2N2O3/c1-3-4-6-11-23(2)18-19-37-33(40)31-27-14-9-10-15-28(27)34(41)38(26(22-39)20-24-12-7-5-8-13-24)32(31)29-17-16-25(35)21-30(29)36/h3-17,21,26,31-32,39H,1,18-20,22H2,2H3,(H,37,40)/b6-4-,23-11+/t26-,31+,32-/m0/s1. The fraction of sp³-hybridized carbons (Fsp3) is 0.235. The number of aliphatic hydroxyl groups excluding tert-OH is 1. The SMILES string of the molecule is C=C/C=C\C=C(/C)CCNC(=O)[C@@H]1c2ccccc2C(=O)N([C@H](CO)Cc2ccccc2)[C@H]1c1ccc(Cl)cc1Cl. The Labute approximate surface area is 251 Å². The van der Waals surface area contributed by atoms with Crippen LogP contribution in [0.3, 0.4) is 0 Å². The van der Waals surface area contributed by atoms with Gasteiger partial charge in [-0.1, -0.05) is 114 Å². The summed E-state index contributed by atoms with van der Waals surface area (Å²) in [5.74, 6) is -1.25. The summed E-state index contributed by atoms with van der Waals surface area (Å²) in [5, 5.41) is 14.5. The molecular weight excluding hydrogens is 555 g/mol. The largest absolute Gasteiger partial charge is 0.394 e. The quantitative estimate of drug-likeness (QED) is 0.235. The van der Waals surface area contributed by atoms with Gasteiger partial charge in [0.25, 0.3) is 5.91 Å². The lowest BCUT2D eigenvalue weighted by Crippen LogP contribution is -2.53. The minimum absolute atomic E-state index is 0.225. The van der Waals surface area contributed by atoms with Gasteiger partial charge in [-0.3, -0.25) is 9.59 Å². The second-order valence-electron chi connectivity index (χ2n) is 10.1. The number of allylic oxidation sites excluding steroid dienone is 4. The average molecular weight is 590 g/mol. The third kappa shape index (κ3) is 7.17. The number of fused-ring (bicyclic) bond motifs is 1. The molecule has 0 saturated carbocycles. The number of aliphatic hydroxyl groups is 1. The van der Waals surface area contributed by atoms with Crippen molar-refractivity contribution in [3.8, 4) is 0 Å². The van der Waals surface area contributed by atoms with Crippen molar-refractivity contribution < 1.29 is 14.7 Å². The Morgan fingerprint density at radius 2 is 1.78 bits per heavy atom. The third-order valence-electron chi connectivity index (χ3n) is 7.30. The van der Waals surface area contributed by atoms with Crippen LogP contribution in [0, 0.1) is 0 Å². The Bertz CT molecular complexity index is 1450. The molecule has 41 heavy (non-hydrogen) atoms. The van der Waals surface area contributed by atoms with Gasteiger partial charge in [0.2, 0.25) is 5.91 Å².